The van der Waals surface area contributed by atoms with E-state index in [1.165, 1.54) is 12.1 Å². The highest BCUT2D eigenvalue weighted by Crippen LogP contribution is 2.25. The average molecular weight is 338 g/mol. The third-order valence-corrected chi connectivity index (χ3v) is 3.65. The van der Waals surface area contributed by atoms with E-state index in [9.17, 15) is 13.6 Å². The lowest BCUT2D eigenvalue weighted by Gasteiger charge is -2.20. The standard InChI is InChI=1S/C15H16F2N4O3/c16-15(17)24-13-4-3-9(7-18-13)14(22)19-12-6-11(20-21-12)10-2-1-5-23-8-10/h3-4,6-7,10,15H,1-2,5,8H2,(H2,19,20,21,22). The lowest BCUT2D eigenvalue weighted by molar-refractivity contribution is -0.0528. The number of ether oxygens (including phenoxy) is 2. The maximum Gasteiger partial charge on any atom is 0.388 e. The molecule has 7 nitrogen and oxygen atoms in total. The van der Waals surface area contributed by atoms with E-state index >= 15 is 0 Å². The first kappa shape index (κ1) is 16.3. The van der Waals surface area contributed by atoms with Crippen molar-refractivity contribution >= 4 is 11.7 Å². The number of carbonyl (C=O) groups excluding carboxylic acids is 1. The molecule has 1 amide bonds. The number of aromatic nitrogens is 3. The van der Waals surface area contributed by atoms with Crippen LogP contribution < -0.4 is 10.1 Å². The molecule has 1 atom stereocenters. The lowest BCUT2D eigenvalue weighted by atomic mass is 9.99. The van der Waals surface area contributed by atoms with Gasteiger partial charge in [0, 0.05) is 36.5 Å². The van der Waals surface area contributed by atoms with Crippen molar-refractivity contribution in [3.63, 3.8) is 0 Å². The predicted octanol–water partition coefficient (Wildman–Crippen LogP) is 2.55. The Balaban J connectivity index is 1.61. The first-order valence-electron chi connectivity index (χ1n) is 7.47. The summed E-state index contributed by atoms with van der Waals surface area (Å²) in [6.45, 7) is -1.55. The third kappa shape index (κ3) is 4.05. The molecule has 1 fully saturated rings. The van der Waals surface area contributed by atoms with Crippen LogP contribution in [0.3, 0.4) is 0 Å². The Morgan fingerprint density at radius 1 is 1.46 bits per heavy atom. The van der Waals surface area contributed by atoms with Gasteiger partial charge >= 0.3 is 6.61 Å². The summed E-state index contributed by atoms with van der Waals surface area (Å²) in [5, 5.41) is 9.58. The van der Waals surface area contributed by atoms with Crippen molar-refractivity contribution in [2.24, 2.45) is 0 Å². The molecule has 0 spiro atoms. The van der Waals surface area contributed by atoms with Crippen molar-refractivity contribution in [1.29, 1.82) is 0 Å². The predicted molar refractivity (Wildman–Crippen MR) is 80.2 cm³/mol. The number of pyridine rings is 1. The molecule has 9 heteroatoms. The van der Waals surface area contributed by atoms with Crippen LogP contribution in [0.5, 0.6) is 5.88 Å². The van der Waals surface area contributed by atoms with E-state index in [0.717, 1.165) is 31.3 Å². The largest absolute Gasteiger partial charge is 0.417 e. The van der Waals surface area contributed by atoms with Crippen LogP contribution in [-0.4, -0.2) is 40.9 Å². The Morgan fingerprint density at radius 3 is 3.00 bits per heavy atom. The minimum absolute atomic E-state index is 0.210. The Labute approximate surface area is 136 Å². The van der Waals surface area contributed by atoms with Crippen LogP contribution in [0.2, 0.25) is 0 Å². The number of nitrogens with one attached hydrogen (secondary N) is 2. The SMILES string of the molecule is O=C(Nc1cc(C2CCCOC2)[nH]n1)c1ccc(OC(F)F)nc1. The second-order valence-electron chi connectivity index (χ2n) is 5.34. The van der Waals surface area contributed by atoms with E-state index in [1.54, 1.807) is 6.07 Å². The zero-order valence-electron chi connectivity index (χ0n) is 12.7. The zero-order chi connectivity index (χ0) is 16.9. The molecule has 2 N–H and O–H groups in total. The molecule has 2 aromatic rings. The van der Waals surface area contributed by atoms with Crippen LogP contribution in [0, 0.1) is 0 Å². The summed E-state index contributed by atoms with van der Waals surface area (Å²) in [6.07, 6.45) is 3.16. The van der Waals surface area contributed by atoms with Crippen molar-refractivity contribution in [3.8, 4) is 5.88 Å². The first-order valence-corrected chi connectivity index (χ1v) is 7.47. The number of rotatable bonds is 5. The Hall–Kier alpha value is -2.55. The fraction of sp³-hybridized carbons (Fsp3) is 0.400. The minimum Gasteiger partial charge on any atom is -0.417 e. The summed E-state index contributed by atoms with van der Waals surface area (Å²) < 4.78 is 33.7. The van der Waals surface area contributed by atoms with Gasteiger partial charge in [0.05, 0.1) is 12.2 Å². The minimum atomic E-state index is -2.96. The Kier molecular flexibility index (Phi) is 4.99. The van der Waals surface area contributed by atoms with E-state index in [2.05, 4.69) is 25.2 Å². The second-order valence-corrected chi connectivity index (χ2v) is 5.34. The van der Waals surface area contributed by atoms with Crippen LogP contribution in [0.1, 0.15) is 34.8 Å². The van der Waals surface area contributed by atoms with E-state index in [-0.39, 0.29) is 17.4 Å². The summed E-state index contributed by atoms with van der Waals surface area (Å²) in [7, 11) is 0. The lowest BCUT2D eigenvalue weighted by Crippen LogP contribution is -2.15. The highest BCUT2D eigenvalue weighted by molar-refractivity contribution is 6.03. The molecule has 1 aliphatic heterocycles. The molecule has 3 heterocycles. The number of aromatic amines is 1. The van der Waals surface area contributed by atoms with Crippen molar-refractivity contribution in [2.45, 2.75) is 25.4 Å². The first-order chi connectivity index (χ1) is 11.6. The van der Waals surface area contributed by atoms with E-state index in [0.29, 0.717) is 12.4 Å². The number of H-pyrrole nitrogens is 1. The highest BCUT2D eigenvalue weighted by atomic mass is 19.3. The van der Waals surface area contributed by atoms with Gasteiger partial charge in [0.2, 0.25) is 5.88 Å². The molecule has 2 aromatic heterocycles. The molecular formula is C15H16F2N4O3. The maximum absolute atomic E-state index is 12.1. The molecule has 1 unspecified atom stereocenters. The number of halogens is 2. The molecule has 1 aliphatic rings. The Morgan fingerprint density at radius 2 is 2.33 bits per heavy atom. The molecule has 128 valence electrons. The Bertz CT molecular complexity index is 684. The van der Waals surface area contributed by atoms with Crippen molar-refractivity contribution in [2.75, 3.05) is 18.5 Å². The van der Waals surface area contributed by atoms with Crippen molar-refractivity contribution in [3.05, 3.63) is 35.7 Å². The van der Waals surface area contributed by atoms with Gasteiger partial charge in [0.25, 0.3) is 5.91 Å². The molecule has 0 aliphatic carbocycles. The van der Waals surface area contributed by atoms with Gasteiger partial charge in [-0.05, 0) is 18.9 Å². The van der Waals surface area contributed by atoms with Crippen molar-refractivity contribution < 1.29 is 23.0 Å². The van der Waals surface area contributed by atoms with Crippen molar-refractivity contribution in [1.82, 2.24) is 15.2 Å². The van der Waals surface area contributed by atoms with Gasteiger partial charge in [-0.15, -0.1) is 0 Å². The number of alkyl halides is 2. The summed E-state index contributed by atoms with van der Waals surface area (Å²) in [5.74, 6) is -0.0669. The van der Waals surface area contributed by atoms with Gasteiger partial charge in [0.15, 0.2) is 5.82 Å². The van der Waals surface area contributed by atoms with Crippen LogP contribution in [0.25, 0.3) is 0 Å². The number of nitrogens with zero attached hydrogens (tertiary/aromatic N) is 2. The number of amides is 1. The van der Waals surface area contributed by atoms with E-state index in [1.807, 2.05) is 0 Å². The van der Waals surface area contributed by atoms with Crippen LogP contribution in [-0.2, 0) is 4.74 Å². The molecular weight excluding hydrogens is 322 g/mol. The van der Waals surface area contributed by atoms with Gasteiger partial charge in [-0.25, -0.2) is 4.98 Å². The average Bonchev–Trinajstić information content (AvgIpc) is 3.04. The molecule has 0 radical (unpaired) electrons. The number of anilines is 1. The monoisotopic (exact) mass is 338 g/mol. The molecule has 3 rings (SSSR count). The van der Waals surface area contributed by atoms with Gasteiger partial charge in [-0.3, -0.25) is 9.89 Å². The second kappa shape index (κ2) is 7.35. The summed E-state index contributed by atoms with van der Waals surface area (Å²) >= 11 is 0. The van der Waals surface area contributed by atoms with Gasteiger partial charge in [-0.1, -0.05) is 0 Å². The number of hydrogen-bond acceptors (Lipinski definition) is 5. The number of carbonyl (C=O) groups is 1. The van der Waals surface area contributed by atoms with Crippen LogP contribution in [0.15, 0.2) is 24.4 Å². The fourth-order valence-corrected chi connectivity index (χ4v) is 2.46. The molecule has 0 bridgehead atoms. The fourth-order valence-electron chi connectivity index (χ4n) is 2.46. The van der Waals surface area contributed by atoms with E-state index in [4.69, 9.17) is 4.74 Å². The quantitative estimate of drug-likeness (QED) is 0.874. The normalized spacial score (nSPS) is 17.7. The number of hydrogen-bond donors (Lipinski definition) is 2. The molecule has 0 saturated carbocycles. The third-order valence-electron chi connectivity index (χ3n) is 3.65. The van der Waals surface area contributed by atoms with Gasteiger partial charge in [-0.2, -0.15) is 13.9 Å². The van der Waals surface area contributed by atoms with E-state index < -0.39 is 12.5 Å². The highest BCUT2D eigenvalue weighted by Gasteiger charge is 2.19. The topological polar surface area (TPSA) is 89.1 Å². The van der Waals surface area contributed by atoms with Crippen LogP contribution >= 0.6 is 0 Å². The smallest absolute Gasteiger partial charge is 0.388 e. The van der Waals surface area contributed by atoms with Gasteiger partial charge in [0.1, 0.15) is 0 Å². The summed E-state index contributed by atoms with van der Waals surface area (Å²) in [6, 6.07) is 4.32. The summed E-state index contributed by atoms with van der Waals surface area (Å²) in [4.78, 5) is 15.8. The molecule has 24 heavy (non-hydrogen) atoms. The molecule has 0 aromatic carbocycles. The zero-order valence-corrected chi connectivity index (χ0v) is 12.7. The molecule has 1 saturated heterocycles. The van der Waals surface area contributed by atoms with Crippen LogP contribution in [0.4, 0.5) is 14.6 Å². The van der Waals surface area contributed by atoms with Gasteiger partial charge < -0.3 is 14.8 Å². The maximum atomic E-state index is 12.1. The summed E-state index contributed by atoms with van der Waals surface area (Å²) in [5.41, 5.74) is 1.12.